The normalized spacial score (nSPS) is 25.1. The van der Waals surface area contributed by atoms with Gasteiger partial charge in [-0.1, -0.05) is 12.1 Å². The average molecular weight is 506 g/mol. The van der Waals surface area contributed by atoms with E-state index < -0.39 is 34.5 Å². The van der Waals surface area contributed by atoms with Gasteiger partial charge in [0.1, 0.15) is 11.9 Å². The van der Waals surface area contributed by atoms with Crippen molar-refractivity contribution in [2.75, 3.05) is 17.7 Å². The molecule has 4 atom stereocenters. The van der Waals surface area contributed by atoms with Crippen molar-refractivity contribution in [2.24, 2.45) is 17.0 Å². The minimum atomic E-state index is -4.13. The first kappa shape index (κ1) is 23.5. The molecule has 0 saturated heterocycles. The van der Waals surface area contributed by atoms with E-state index in [2.05, 4.69) is 26.6 Å². The Balaban J connectivity index is 1.33. The lowest BCUT2D eigenvalue weighted by molar-refractivity contribution is 0.00777. The summed E-state index contributed by atoms with van der Waals surface area (Å²) in [7, 11) is -4.13. The molecule has 0 bridgehead atoms. The number of fused-ring (bicyclic) bond motifs is 1. The van der Waals surface area contributed by atoms with Gasteiger partial charge in [-0.05, 0) is 43.4 Å². The molecule has 3 aromatic rings. The third-order valence-corrected chi connectivity index (χ3v) is 7.94. The summed E-state index contributed by atoms with van der Waals surface area (Å²) < 4.78 is 28.4. The molecule has 0 aliphatic heterocycles. The highest BCUT2D eigenvalue weighted by atomic mass is 32.2. The lowest BCUT2D eigenvalue weighted by atomic mass is 10.1. The zero-order valence-corrected chi connectivity index (χ0v) is 20.0. The zero-order valence-electron chi connectivity index (χ0n) is 18.3. The highest BCUT2D eigenvalue weighted by molar-refractivity contribution is 7.99. The van der Waals surface area contributed by atoms with Gasteiger partial charge in [0.15, 0.2) is 5.65 Å². The van der Waals surface area contributed by atoms with E-state index in [9.17, 15) is 18.6 Å². The van der Waals surface area contributed by atoms with Crippen molar-refractivity contribution in [3.63, 3.8) is 0 Å². The Morgan fingerprint density at radius 3 is 2.79 bits per heavy atom. The fourth-order valence-electron chi connectivity index (χ4n) is 4.19. The average Bonchev–Trinajstić information content (AvgIpc) is 3.47. The van der Waals surface area contributed by atoms with Gasteiger partial charge in [-0.25, -0.2) is 10.1 Å². The number of nitrogens with one attached hydrogen (secondary N) is 1. The van der Waals surface area contributed by atoms with Gasteiger partial charge >= 0.3 is 10.3 Å². The smallest absolute Gasteiger partial charge is 0.333 e. The summed E-state index contributed by atoms with van der Waals surface area (Å²) in [6.45, 7) is -0.304. The summed E-state index contributed by atoms with van der Waals surface area (Å²) >= 11 is 1.87. The van der Waals surface area contributed by atoms with Gasteiger partial charge in [0, 0.05) is 34.4 Å². The van der Waals surface area contributed by atoms with Gasteiger partial charge in [-0.2, -0.15) is 18.0 Å². The number of benzene rings is 1. The van der Waals surface area contributed by atoms with E-state index in [1.807, 2.05) is 30.0 Å². The van der Waals surface area contributed by atoms with Gasteiger partial charge in [-0.3, -0.25) is 4.18 Å². The summed E-state index contributed by atoms with van der Waals surface area (Å²) in [6, 6.07) is 11.4. The van der Waals surface area contributed by atoms with Crippen LogP contribution in [0.15, 0.2) is 47.5 Å². The second-order valence-corrected chi connectivity index (χ2v) is 11.2. The van der Waals surface area contributed by atoms with Crippen LogP contribution in [0, 0.1) is 11.8 Å². The predicted molar refractivity (Wildman–Crippen MR) is 128 cm³/mol. The molecule has 2 fully saturated rings. The van der Waals surface area contributed by atoms with Crippen molar-refractivity contribution in [3.05, 3.63) is 42.6 Å². The SMILES string of the molecule is NS(=O)(=O)OCC1C[C@@H](Nc2ccnc3cc(-c4cccc(SCC5CC5)c4)nn23)[C@H](O)[C@@H]1O. The number of anilines is 1. The number of nitrogens with zero attached hydrogens (tertiary/aromatic N) is 3. The second-order valence-electron chi connectivity index (χ2n) is 8.92. The first-order chi connectivity index (χ1) is 16.3. The van der Waals surface area contributed by atoms with Gasteiger partial charge in [0.2, 0.25) is 0 Å². The number of nitrogens with two attached hydrogens (primary N) is 1. The number of hydrogen-bond acceptors (Lipinski definition) is 9. The van der Waals surface area contributed by atoms with Crippen LogP contribution in [0.3, 0.4) is 0 Å². The molecule has 0 spiro atoms. The first-order valence-electron chi connectivity index (χ1n) is 11.1. The Morgan fingerprint density at radius 2 is 2.03 bits per heavy atom. The molecule has 1 unspecified atom stereocenters. The van der Waals surface area contributed by atoms with Crippen LogP contribution in [-0.4, -0.2) is 63.8 Å². The maximum Gasteiger partial charge on any atom is 0.333 e. The van der Waals surface area contributed by atoms with Gasteiger partial charge in [0.05, 0.1) is 24.4 Å². The van der Waals surface area contributed by atoms with Crippen LogP contribution in [0.5, 0.6) is 0 Å². The first-order valence-corrected chi connectivity index (χ1v) is 13.6. The summed E-state index contributed by atoms with van der Waals surface area (Å²) in [5.41, 5.74) is 2.41. The molecule has 2 aliphatic rings. The topological polar surface area (TPSA) is 152 Å². The number of rotatable bonds is 9. The maximum atomic E-state index is 11.1. The fraction of sp³-hybridized carbons (Fsp3) is 0.455. The molecular formula is C22H27N5O5S2. The van der Waals surface area contributed by atoms with Crippen molar-refractivity contribution >= 4 is 33.5 Å². The molecule has 5 N–H and O–H groups in total. The van der Waals surface area contributed by atoms with E-state index in [1.165, 1.54) is 17.7 Å². The van der Waals surface area contributed by atoms with Crippen LogP contribution >= 0.6 is 11.8 Å². The summed E-state index contributed by atoms with van der Waals surface area (Å²) in [5, 5.41) is 33.7. The Kier molecular flexibility index (Phi) is 6.53. The molecule has 5 rings (SSSR count). The number of thioether (sulfide) groups is 1. The monoisotopic (exact) mass is 505 g/mol. The van der Waals surface area contributed by atoms with E-state index in [1.54, 1.807) is 16.8 Å². The lowest BCUT2D eigenvalue weighted by Gasteiger charge is -2.19. The number of aromatic nitrogens is 3. The largest absolute Gasteiger partial charge is 0.390 e. The Morgan fingerprint density at radius 1 is 1.21 bits per heavy atom. The van der Waals surface area contributed by atoms with E-state index in [0.717, 1.165) is 22.9 Å². The van der Waals surface area contributed by atoms with Crippen LogP contribution in [0.4, 0.5) is 5.82 Å². The maximum absolute atomic E-state index is 11.1. The molecule has 0 radical (unpaired) electrons. The van der Waals surface area contributed by atoms with Crippen molar-refractivity contribution in [2.45, 2.75) is 42.4 Å². The Hall–Kier alpha value is -2.22. The van der Waals surface area contributed by atoms with Crippen molar-refractivity contribution in [1.29, 1.82) is 0 Å². The van der Waals surface area contributed by atoms with Crippen LogP contribution in [0.2, 0.25) is 0 Å². The van der Waals surface area contributed by atoms with Crippen LogP contribution in [0.1, 0.15) is 19.3 Å². The molecule has 2 saturated carbocycles. The lowest BCUT2D eigenvalue weighted by Crippen LogP contribution is -2.36. The highest BCUT2D eigenvalue weighted by Crippen LogP contribution is 2.36. The summed E-state index contributed by atoms with van der Waals surface area (Å²) in [5.74, 6) is 1.99. The summed E-state index contributed by atoms with van der Waals surface area (Å²) in [4.78, 5) is 5.61. The molecule has 1 aromatic carbocycles. The van der Waals surface area contributed by atoms with Crippen LogP contribution in [-0.2, 0) is 14.5 Å². The van der Waals surface area contributed by atoms with Crippen molar-refractivity contribution < 1.29 is 22.8 Å². The predicted octanol–water partition coefficient (Wildman–Crippen LogP) is 1.64. The van der Waals surface area contributed by atoms with Crippen molar-refractivity contribution in [1.82, 2.24) is 14.6 Å². The molecule has 0 amide bonds. The molecule has 2 aliphatic carbocycles. The minimum Gasteiger partial charge on any atom is -0.390 e. The molecule has 182 valence electrons. The van der Waals surface area contributed by atoms with Crippen LogP contribution in [0.25, 0.3) is 16.9 Å². The third-order valence-electron chi connectivity index (χ3n) is 6.25. The van der Waals surface area contributed by atoms with Crippen LogP contribution < -0.4 is 10.5 Å². The van der Waals surface area contributed by atoms with Crippen molar-refractivity contribution in [3.8, 4) is 11.3 Å². The molecule has 12 heteroatoms. The summed E-state index contributed by atoms with van der Waals surface area (Å²) in [6.07, 6.45) is 2.31. The Labute approximate surface area is 201 Å². The van der Waals surface area contributed by atoms with E-state index in [4.69, 9.17) is 10.2 Å². The standard InChI is InChI=1S/C22H27N5O5S2/c23-34(30,31)32-11-15-9-18(22(29)21(15)28)25-19-6-7-24-20-10-17(26-27(19)20)14-2-1-3-16(8-14)33-12-13-4-5-13/h1-3,6-8,10,13,15,18,21-22,25,28-29H,4-5,9,11-12H2,(H2,23,30,31)/t15?,18-,21-,22+/m1/s1. The molecule has 2 heterocycles. The molecule has 2 aromatic heterocycles. The van der Waals surface area contributed by atoms with Gasteiger partial charge in [0.25, 0.3) is 0 Å². The zero-order chi connectivity index (χ0) is 23.9. The molecule has 10 nitrogen and oxygen atoms in total. The van der Waals surface area contributed by atoms with Gasteiger partial charge < -0.3 is 15.5 Å². The molecule has 34 heavy (non-hydrogen) atoms. The van der Waals surface area contributed by atoms with E-state index >= 15 is 0 Å². The Bertz CT molecular complexity index is 1280. The molecular weight excluding hydrogens is 478 g/mol. The third kappa shape index (κ3) is 5.37. The van der Waals surface area contributed by atoms with Gasteiger partial charge in [-0.15, -0.1) is 11.8 Å². The highest BCUT2D eigenvalue weighted by Gasteiger charge is 2.42. The number of hydrogen-bond donors (Lipinski definition) is 4. The van der Waals surface area contributed by atoms with E-state index in [0.29, 0.717) is 11.5 Å². The quantitative estimate of drug-likeness (QED) is 0.318. The minimum absolute atomic E-state index is 0.288. The fourth-order valence-corrected chi connectivity index (χ4v) is 5.71. The number of aliphatic hydroxyl groups excluding tert-OH is 2. The second kappa shape index (κ2) is 9.44. The number of aliphatic hydroxyl groups is 2. The van der Waals surface area contributed by atoms with E-state index in [-0.39, 0.29) is 13.0 Å².